The van der Waals surface area contributed by atoms with Crippen LogP contribution in [0.1, 0.15) is 20.3 Å². The van der Waals surface area contributed by atoms with Crippen molar-refractivity contribution in [2.75, 3.05) is 5.32 Å². The molecule has 0 fully saturated rings. The Morgan fingerprint density at radius 1 is 1.50 bits per heavy atom. The van der Waals surface area contributed by atoms with E-state index in [0.29, 0.717) is 5.82 Å². The molecule has 0 spiro atoms. The molecule has 1 aromatic heterocycles. The third-order valence-corrected chi connectivity index (χ3v) is 2.47. The minimum Gasteiger partial charge on any atom is -0.481 e. The maximum absolute atomic E-state index is 11.7. The zero-order valence-corrected chi connectivity index (χ0v) is 10.7. The minimum absolute atomic E-state index is 0.0376. The second-order valence-electron chi connectivity index (χ2n) is 4.42. The Balaban J connectivity index is 2.53. The summed E-state index contributed by atoms with van der Waals surface area (Å²) in [5, 5.41) is 17.9. The van der Waals surface area contributed by atoms with E-state index in [2.05, 4.69) is 15.7 Å². The molecule has 1 aromatic rings. The first-order chi connectivity index (χ1) is 8.38. The van der Waals surface area contributed by atoms with E-state index in [4.69, 9.17) is 5.11 Å². The van der Waals surface area contributed by atoms with Crippen LogP contribution in [-0.4, -0.2) is 32.9 Å². The number of carbonyl (C=O) groups excluding carboxylic acids is 1. The number of hydrogen-bond donors (Lipinski definition) is 3. The van der Waals surface area contributed by atoms with Crippen LogP contribution in [-0.2, 0) is 11.8 Å². The summed E-state index contributed by atoms with van der Waals surface area (Å²) in [7, 11) is 1.74. The van der Waals surface area contributed by atoms with Crippen molar-refractivity contribution in [3.63, 3.8) is 0 Å². The number of carboxylic acids is 1. The van der Waals surface area contributed by atoms with Crippen molar-refractivity contribution in [1.29, 1.82) is 0 Å². The van der Waals surface area contributed by atoms with Crippen molar-refractivity contribution in [1.82, 2.24) is 15.1 Å². The van der Waals surface area contributed by atoms with Gasteiger partial charge in [-0.25, -0.2) is 4.79 Å². The lowest BCUT2D eigenvalue weighted by atomic mass is 10.0. The Kier molecular flexibility index (Phi) is 4.70. The van der Waals surface area contributed by atoms with E-state index in [0.717, 1.165) is 0 Å². The van der Waals surface area contributed by atoms with Gasteiger partial charge < -0.3 is 10.4 Å². The average Bonchev–Trinajstić information content (AvgIpc) is 2.62. The van der Waals surface area contributed by atoms with Gasteiger partial charge >= 0.3 is 12.0 Å². The van der Waals surface area contributed by atoms with Crippen molar-refractivity contribution >= 4 is 17.8 Å². The molecule has 0 aromatic carbocycles. The fourth-order valence-corrected chi connectivity index (χ4v) is 1.44. The number of urea groups is 1. The van der Waals surface area contributed by atoms with E-state index in [9.17, 15) is 9.59 Å². The molecule has 0 aliphatic carbocycles. The highest BCUT2D eigenvalue weighted by atomic mass is 16.4. The van der Waals surface area contributed by atoms with Gasteiger partial charge in [0.15, 0.2) is 5.82 Å². The highest BCUT2D eigenvalue weighted by molar-refractivity contribution is 5.88. The van der Waals surface area contributed by atoms with Crippen LogP contribution in [0.4, 0.5) is 10.6 Å². The summed E-state index contributed by atoms with van der Waals surface area (Å²) in [6.45, 7) is 3.71. The van der Waals surface area contributed by atoms with Crippen molar-refractivity contribution in [2.24, 2.45) is 13.0 Å². The van der Waals surface area contributed by atoms with Crippen LogP contribution < -0.4 is 10.6 Å². The van der Waals surface area contributed by atoms with Crippen LogP contribution in [0, 0.1) is 5.92 Å². The van der Waals surface area contributed by atoms with E-state index >= 15 is 0 Å². The summed E-state index contributed by atoms with van der Waals surface area (Å²) in [4.78, 5) is 22.3. The molecule has 100 valence electrons. The third-order valence-electron chi connectivity index (χ3n) is 2.47. The number of amides is 2. The average molecular weight is 254 g/mol. The normalized spacial score (nSPS) is 12.2. The molecule has 0 aliphatic rings. The Morgan fingerprint density at radius 3 is 2.61 bits per heavy atom. The molecule has 1 atom stereocenters. The van der Waals surface area contributed by atoms with Gasteiger partial charge in [0.2, 0.25) is 0 Å². The fraction of sp³-hybridized carbons (Fsp3) is 0.545. The number of aliphatic carboxylic acids is 1. The number of carbonyl (C=O) groups is 2. The standard InChI is InChI=1S/C11H18N4O3/c1-7(2)8(6-10(16)17)12-11(18)13-9-4-5-15(3)14-9/h4-5,7-8H,6H2,1-3H3,(H,16,17)(H2,12,13,14,18). The first-order valence-corrected chi connectivity index (χ1v) is 5.67. The van der Waals surface area contributed by atoms with Crippen molar-refractivity contribution in [3.8, 4) is 0 Å². The van der Waals surface area contributed by atoms with E-state index in [-0.39, 0.29) is 12.3 Å². The Morgan fingerprint density at radius 2 is 2.17 bits per heavy atom. The Labute approximate surface area is 105 Å². The van der Waals surface area contributed by atoms with E-state index in [1.807, 2.05) is 13.8 Å². The molecule has 0 bridgehead atoms. The molecule has 0 radical (unpaired) electrons. The highest BCUT2D eigenvalue weighted by Gasteiger charge is 2.19. The number of aromatic nitrogens is 2. The number of nitrogens with one attached hydrogen (secondary N) is 2. The first-order valence-electron chi connectivity index (χ1n) is 5.67. The van der Waals surface area contributed by atoms with Crippen LogP contribution >= 0.6 is 0 Å². The smallest absolute Gasteiger partial charge is 0.320 e. The summed E-state index contributed by atoms with van der Waals surface area (Å²) in [5.74, 6) is -0.477. The molecule has 0 saturated heterocycles. The van der Waals surface area contributed by atoms with Gasteiger partial charge in [-0.05, 0) is 5.92 Å². The lowest BCUT2D eigenvalue weighted by Crippen LogP contribution is -2.42. The molecule has 1 rings (SSSR count). The predicted molar refractivity (Wildman–Crippen MR) is 66.2 cm³/mol. The molecule has 3 N–H and O–H groups in total. The monoisotopic (exact) mass is 254 g/mol. The summed E-state index contributed by atoms with van der Waals surface area (Å²) in [6, 6.07) is 0.793. The van der Waals surface area contributed by atoms with E-state index in [1.54, 1.807) is 24.0 Å². The topological polar surface area (TPSA) is 96.3 Å². The van der Waals surface area contributed by atoms with Gasteiger partial charge in [-0.15, -0.1) is 0 Å². The molecule has 0 saturated carbocycles. The van der Waals surface area contributed by atoms with Gasteiger partial charge in [0.05, 0.1) is 6.42 Å². The molecule has 7 heteroatoms. The summed E-state index contributed by atoms with van der Waals surface area (Å²) >= 11 is 0. The summed E-state index contributed by atoms with van der Waals surface area (Å²) in [6.07, 6.45) is 1.60. The molecule has 18 heavy (non-hydrogen) atoms. The molecule has 7 nitrogen and oxygen atoms in total. The van der Waals surface area contributed by atoms with E-state index in [1.165, 1.54) is 0 Å². The predicted octanol–water partition coefficient (Wildman–Crippen LogP) is 1.04. The molecule has 1 heterocycles. The number of anilines is 1. The minimum atomic E-state index is -0.938. The Hall–Kier alpha value is -2.05. The van der Waals surface area contributed by atoms with Gasteiger partial charge in [0.25, 0.3) is 0 Å². The van der Waals surface area contributed by atoms with Gasteiger partial charge in [0.1, 0.15) is 0 Å². The number of aryl methyl sites for hydroxylation is 1. The zero-order chi connectivity index (χ0) is 13.7. The second kappa shape index (κ2) is 6.04. The lowest BCUT2D eigenvalue weighted by Gasteiger charge is -2.20. The van der Waals surface area contributed by atoms with Crippen LogP contribution in [0.15, 0.2) is 12.3 Å². The van der Waals surface area contributed by atoms with Crippen molar-refractivity contribution in [3.05, 3.63) is 12.3 Å². The van der Waals surface area contributed by atoms with Crippen molar-refractivity contribution in [2.45, 2.75) is 26.3 Å². The summed E-state index contributed by atoms with van der Waals surface area (Å²) < 4.78 is 1.56. The molecule has 1 unspecified atom stereocenters. The number of hydrogen-bond acceptors (Lipinski definition) is 3. The highest BCUT2D eigenvalue weighted by Crippen LogP contribution is 2.07. The third kappa shape index (κ3) is 4.44. The van der Waals surface area contributed by atoms with E-state index < -0.39 is 18.0 Å². The van der Waals surface area contributed by atoms with Gasteiger partial charge in [-0.1, -0.05) is 13.8 Å². The van der Waals surface area contributed by atoms with Crippen LogP contribution in [0.5, 0.6) is 0 Å². The maximum Gasteiger partial charge on any atom is 0.320 e. The van der Waals surface area contributed by atoms with Gasteiger partial charge in [-0.3, -0.25) is 14.8 Å². The molecular weight excluding hydrogens is 236 g/mol. The lowest BCUT2D eigenvalue weighted by molar-refractivity contribution is -0.137. The largest absolute Gasteiger partial charge is 0.481 e. The van der Waals surface area contributed by atoms with Crippen LogP contribution in [0.25, 0.3) is 0 Å². The number of rotatable bonds is 5. The van der Waals surface area contributed by atoms with Crippen molar-refractivity contribution < 1.29 is 14.7 Å². The molecule has 2 amide bonds. The van der Waals surface area contributed by atoms with Crippen LogP contribution in [0.2, 0.25) is 0 Å². The first kappa shape index (κ1) is 14.0. The zero-order valence-electron chi connectivity index (χ0n) is 10.7. The number of carboxylic acid groups (broad SMARTS) is 1. The summed E-state index contributed by atoms with van der Waals surface area (Å²) in [5.41, 5.74) is 0. The van der Waals surface area contributed by atoms with Gasteiger partial charge in [-0.2, -0.15) is 5.10 Å². The maximum atomic E-state index is 11.7. The van der Waals surface area contributed by atoms with Gasteiger partial charge in [0, 0.05) is 25.4 Å². The Bertz CT molecular complexity index is 428. The second-order valence-corrected chi connectivity index (χ2v) is 4.42. The fourth-order valence-electron chi connectivity index (χ4n) is 1.44. The quantitative estimate of drug-likeness (QED) is 0.731. The SMILES string of the molecule is CC(C)C(CC(=O)O)NC(=O)Nc1ccn(C)n1. The molecule has 0 aliphatic heterocycles. The molecular formula is C11H18N4O3. The number of nitrogens with zero attached hydrogens (tertiary/aromatic N) is 2. The van der Waals surface area contributed by atoms with Crippen LogP contribution in [0.3, 0.4) is 0 Å².